The number of aliphatic hydroxyl groups excluding tert-OH is 1. The smallest absolute Gasteiger partial charge is 0.341 e. The molecule has 0 aliphatic carbocycles. The van der Waals surface area contributed by atoms with Crippen LogP contribution in [0.1, 0.15) is 17.3 Å². The summed E-state index contributed by atoms with van der Waals surface area (Å²) in [6.45, 7) is 1.50. The predicted molar refractivity (Wildman–Crippen MR) is 105 cm³/mol. The average molecular weight is 403 g/mol. The number of carbonyl (C=O) groups is 2. The normalized spacial score (nSPS) is 11.3. The van der Waals surface area contributed by atoms with E-state index in [1.54, 1.807) is 18.2 Å². The van der Waals surface area contributed by atoms with Crippen LogP contribution < -0.4 is 15.4 Å². The molecule has 10 heteroatoms. The number of carbonyl (C=O) groups excluding carboxylic acids is 2. The molecule has 29 heavy (non-hydrogen) atoms. The summed E-state index contributed by atoms with van der Waals surface area (Å²) in [6, 6.07) is 10.3. The van der Waals surface area contributed by atoms with Crippen LogP contribution >= 0.6 is 0 Å². The van der Waals surface area contributed by atoms with Gasteiger partial charge >= 0.3 is 5.97 Å². The Morgan fingerprint density at radius 3 is 2.59 bits per heavy atom. The van der Waals surface area contributed by atoms with Gasteiger partial charge in [-0.1, -0.05) is 12.1 Å². The van der Waals surface area contributed by atoms with E-state index in [2.05, 4.69) is 10.6 Å². The highest BCUT2D eigenvalue weighted by atomic mass is 16.6. The molecule has 1 amide bonds. The summed E-state index contributed by atoms with van der Waals surface area (Å²) in [5.74, 6) is -1.20. The van der Waals surface area contributed by atoms with Crippen LogP contribution in [0, 0.1) is 10.1 Å². The number of hydrogen-bond acceptors (Lipinski definition) is 8. The Morgan fingerprint density at radius 1 is 1.21 bits per heavy atom. The van der Waals surface area contributed by atoms with E-state index in [1.165, 1.54) is 32.2 Å². The maximum Gasteiger partial charge on any atom is 0.341 e. The summed E-state index contributed by atoms with van der Waals surface area (Å²) in [5.41, 5.74) is 0.516. The molecule has 0 unspecified atom stereocenters. The average Bonchev–Trinajstić information content (AvgIpc) is 2.72. The fourth-order valence-corrected chi connectivity index (χ4v) is 2.42. The molecule has 0 fully saturated rings. The van der Waals surface area contributed by atoms with E-state index in [0.29, 0.717) is 5.69 Å². The molecule has 2 rings (SSSR count). The Kier molecular flexibility index (Phi) is 7.49. The highest BCUT2D eigenvalue weighted by Gasteiger charge is 2.22. The molecule has 10 nitrogen and oxygen atoms in total. The van der Waals surface area contributed by atoms with Gasteiger partial charge in [0, 0.05) is 24.4 Å². The van der Waals surface area contributed by atoms with Crippen molar-refractivity contribution < 1.29 is 29.1 Å². The Hall–Kier alpha value is -3.66. The number of amides is 1. The van der Waals surface area contributed by atoms with Gasteiger partial charge in [0.15, 0.2) is 6.10 Å². The zero-order valence-corrected chi connectivity index (χ0v) is 15.9. The SMILES string of the molecule is COc1ccc([N+](=O)[O-])cc1NC(=O)[C@H](C)OC(=O)c1ccccc1NCCO. The van der Waals surface area contributed by atoms with Crippen molar-refractivity contribution >= 4 is 28.9 Å². The van der Waals surface area contributed by atoms with Gasteiger partial charge < -0.3 is 25.2 Å². The van der Waals surface area contributed by atoms with E-state index in [-0.39, 0.29) is 35.8 Å². The summed E-state index contributed by atoms with van der Waals surface area (Å²) in [5, 5.41) is 25.2. The first-order valence-electron chi connectivity index (χ1n) is 8.65. The van der Waals surface area contributed by atoms with E-state index in [9.17, 15) is 19.7 Å². The lowest BCUT2D eigenvalue weighted by atomic mass is 10.1. The van der Waals surface area contributed by atoms with Crippen LogP contribution in [0.4, 0.5) is 17.1 Å². The standard InChI is InChI=1S/C19H21N3O7/c1-12(29-19(25)14-5-3-4-6-15(14)20-9-10-23)18(24)21-16-11-13(22(26)27)7-8-17(16)28-2/h3-8,11-12,20,23H,9-10H2,1-2H3,(H,21,24)/t12-/m0/s1. The monoisotopic (exact) mass is 403 g/mol. The molecule has 1 atom stereocenters. The minimum absolute atomic E-state index is 0.0830. The number of para-hydroxylation sites is 1. The molecule has 0 radical (unpaired) electrons. The van der Waals surface area contributed by atoms with Gasteiger partial charge in [0.25, 0.3) is 11.6 Å². The topological polar surface area (TPSA) is 140 Å². The number of rotatable bonds is 9. The number of methoxy groups -OCH3 is 1. The Morgan fingerprint density at radius 2 is 1.93 bits per heavy atom. The van der Waals surface area contributed by atoms with Crippen LogP contribution in [0.3, 0.4) is 0 Å². The molecule has 3 N–H and O–H groups in total. The Balaban J connectivity index is 2.11. The summed E-state index contributed by atoms with van der Waals surface area (Å²) < 4.78 is 10.3. The lowest BCUT2D eigenvalue weighted by Crippen LogP contribution is -2.30. The van der Waals surface area contributed by atoms with Crippen molar-refractivity contribution in [3.05, 3.63) is 58.1 Å². The first-order chi connectivity index (χ1) is 13.9. The highest BCUT2D eigenvalue weighted by molar-refractivity contribution is 6.00. The maximum atomic E-state index is 12.4. The van der Waals surface area contributed by atoms with Crippen molar-refractivity contribution in [2.75, 3.05) is 30.9 Å². The molecule has 0 aliphatic rings. The van der Waals surface area contributed by atoms with Crippen LogP contribution in [0.5, 0.6) is 5.75 Å². The van der Waals surface area contributed by atoms with Gasteiger partial charge in [0.2, 0.25) is 0 Å². The van der Waals surface area contributed by atoms with Crippen LogP contribution in [0.2, 0.25) is 0 Å². The number of ether oxygens (including phenoxy) is 2. The van der Waals surface area contributed by atoms with Gasteiger partial charge in [-0.2, -0.15) is 0 Å². The number of nitrogens with zero attached hydrogens (tertiary/aromatic N) is 1. The number of nitro benzene ring substituents is 1. The van der Waals surface area contributed by atoms with Gasteiger partial charge in [-0.05, 0) is 25.1 Å². The van der Waals surface area contributed by atoms with Gasteiger partial charge in [-0.25, -0.2) is 4.79 Å². The minimum atomic E-state index is -1.18. The third-order valence-electron chi connectivity index (χ3n) is 3.88. The molecule has 0 saturated carbocycles. The number of aliphatic hydroxyl groups is 1. The van der Waals surface area contributed by atoms with Crippen LogP contribution in [0.25, 0.3) is 0 Å². The van der Waals surface area contributed by atoms with Crippen LogP contribution in [-0.2, 0) is 9.53 Å². The van der Waals surface area contributed by atoms with Crippen LogP contribution in [0.15, 0.2) is 42.5 Å². The van der Waals surface area contributed by atoms with E-state index >= 15 is 0 Å². The second kappa shape index (κ2) is 10.0. The number of nitro groups is 1. The van der Waals surface area contributed by atoms with Gasteiger partial charge in [-0.3, -0.25) is 14.9 Å². The summed E-state index contributed by atoms with van der Waals surface area (Å²) in [6.07, 6.45) is -1.18. The number of benzene rings is 2. The second-order valence-corrected chi connectivity index (χ2v) is 5.87. The quantitative estimate of drug-likeness (QED) is 0.329. The highest BCUT2D eigenvalue weighted by Crippen LogP contribution is 2.29. The number of esters is 1. The number of non-ortho nitro benzene ring substituents is 1. The summed E-state index contributed by atoms with van der Waals surface area (Å²) in [7, 11) is 1.36. The third-order valence-corrected chi connectivity index (χ3v) is 3.88. The van der Waals surface area contributed by atoms with Crippen molar-refractivity contribution in [1.29, 1.82) is 0 Å². The molecule has 0 heterocycles. The van der Waals surface area contributed by atoms with E-state index in [1.807, 2.05) is 0 Å². The molecule has 0 bridgehead atoms. The minimum Gasteiger partial charge on any atom is -0.495 e. The number of anilines is 2. The fraction of sp³-hybridized carbons (Fsp3) is 0.263. The second-order valence-electron chi connectivity index (χ2n) is 5.87. The molecule has 2 aromatic rings. The molecule has 0 aromatic heterocycles. The van der Waals surface area contributed by atoms with E-state index in [4.69, 9.17) is 14.6 Å². The number of nitrogens with one attached hydrogen (secondary N) is 2. The summed E-state index contributed by atoms with van der Waals surface area (Å²) >= 11 is 0. The zero-order chi connectivity index (χ0) is 21.4. The van der Waals surface area contributed by atoms with Crippen molar-refractivity contribution in [3.8, 4) is 5.75 Å². The van der Waals surface area contributed by atoms with Crippen molar-refractivity contribution in [2.24, 2.45) is 0 Å². The first kappa shape index (κ1) is 21.6. The van der Waals surface area contributed by atoms with Crippen molar-refractivity contribution in [1.82, 2.24) is 0 Å². The maximum absolute atomic E-state index is 12.4. The van der Waals surface area contributed by atoms with Crippen LogP contribution in [-0.4, -0.2) is 48.3 Å². The Bertz CT molecular complexity index is 901. The van der Waals surface area contributed by atoms with E-state index < -0.39 is 22.9 Å². The van der Waals surface area contributed by atoms with Gasteiger partial charge in [-0.15, -0.1) is 0 Å². The molecular formula is C19H21N3O7. The molecular weight excluding hydrogens is 382 g/mol. The number of hydrogen-bond donors (Lipinski definition) is 3. The van der Waals surface area contributed by atoms with Gasteiger partial charge in [0.1, 0.15) is 5.75 Å². The summed E-state index contributed by atoms with van der Waals surface area (Å²) in [4.78, 5) is 35.2. The fourth-order valence-electron chi connectivity index (χ4n) is 2.42. The van der Waals surface area contributed by atoms with Crippen molar-refractivity contribution in [3.63, 3.8) is 0 Å². The van der Waals surface area contributed by atoms with Crippen molar-refractivity contribution in [2.45, 2.75) is 13.0 Å². The predicted octanol–water partition coefficient (Wildman–Crippen LogP) is 2.19. The molecule has 154 valence electrons. The third kappa shape index (κ3) is 5.66. The lowest BCUT2D eigenvalue weighted by Gasteiger charge is -2.16. The molecule has 2 aromatic carbocycles. The molecule has 0 saturated heterocycles. The largest absolute Gasteiger partial charge is 0.495 e. The van der Waals surface area contributed by atoms with E-state index in [0.717, 1.165) is 6.07 Å². The zero-order valence-electron chi connectivity index (χ0n) is 15.9. The first-order valence-corrected chi connectivity index (χ1v) is 8.65. The van der Waals surface area contributed by atoms with Gasteiger partial charge in [0.05, 0.1) is 29.9 Å². The Labute approximate surface area is 166 Å². The lowest BCUT2D eigenvalue weighted by molar-refractivity contribution is -0.384. The molecule has 0 aliphatic heterocycles. The molecule has 0 spiro atoms.